The van der Waals surface area contributed by atoms with Gasteiger partial charge in [-0.15, -0.1) is 0 Å². The number of fused-ring (bicyclic) bond motifs is 1. The van der Waals surface area contributed by atoms with Gasteiger partial charge in [0.25, 0.3) is 5.91 Å². The van der Waals surface area contributed by atoms with Crippen LogP contribution in [0.5, 0.6) is 0 Å². The fourth-order valence-corrected chi connectivity index (χ4v) is 4.59. The summed E-state index contributed by atoms with van der Waals surface area (Å²) in [5, 5.41) is 2.98. The van der Waals surface area contributed by atoms with E-state index < -0.39 is 0 Å². The van der Waals surface area contributed by atoms with Gasteiger partial charge in [0, 0.05) is 48.3 Å². The number of amides is 2. The van der Waals surface area contributed by atoms with E-state index in [0.717, 1.165) is 35.5 Å². The third-order valence-corrected chi connectivity index (χ3v) is 6.72. The van der Waals surface area contributed by atoms with E-state index in [-0.39, 0.29) is 11.8 Å². The van der Waals surface area contributed by atoms with Gasteiger partial charge in [0.15, 0.2) is 0 Å². The molecule has 5 rings (SSSR count). The second-order valence-electron chi connectivity index (χ2n) is 9.20. The summed E-state index contributed by atoms with van der Waals surface area (Å²) in [6, 6.07) is 27.5. The Morgan fingerprint density at radius 3 is 2.50 bits per heavy atom. The summed E-state index contributed by atoms with van der Waals surface area (Å²) in [6.07, 6.45) is 2.90. The molecule has 36 heavy (non-hydrogen) atoms. The maximum absolute atomic E-state index is 12.8. The molecule has 3 aromatic carbocycles. The fourth-order valence-electron chi connectivity index (χ4n) is 4.59. The standard InChI is InChI=1S/C31H30N2O3/c1-2-22-11-14-24(15-12-22)31(35)32-27-10-6-9-25(19-27)29-20-26-21-33(18-17-28(26)36-29)30(34)16-13-23-7-4-3-5-8-23/h3-12,14-15,19-20H,2,13,16-18,21H2,1H3,(H,32,35). The number of anilines is 1. The second kappa shape index (κ2) is 10.6. The Morgan fingerprint density at radius 1 is 0.917 bits per heavy atom. The first-order valence-corrected chi connectivity index (χ1v) is 12.5. The molecule has 1 N–H and O–H groups in total. The number of benzene rings is 3. The molecule has 182 valence electrons. The molecule has 0 unspecified atom stereocenters. The highest BCUT2D eigenvalue weighted by atomic mass is 16.3. The van der Waals surface area contributed by atoms with E-state index in [1.165, 1.54) is 11.1 Å². The molecule has 1 aliphatic heterocycles. The number of carbonyl (C=O) groups is 2. The molecule has 2 heterocycles. The molecule has 0 fully saturated rings. The van der Waals surface area contributed by atoms with Crippen LogP contribution in [0.15, 0.2) is 89.3 Å². The number of rotatable bonds is 7. The highest BCUT2D eigenvalue weighted by Crippen LogP contribution is 2.31. The van der Waals surface area contributed by atoms with Crippen molar-refractivity contribution in [1.29, 1.82) is 0 Å². The Morgan fingerprint density at radius 2 is 1.72 bits per heavy atom. The number of nitrogens with zero attached hydrogens (tertiary/aromatic N) is 1. The molecule has 0 atom stereocenters. The van der Waals surface area contributed by atoms with Crippen molar-refractivity contribution in [2.24, 2.45) is 0 Å². The van der Waals surface area contributed by atoms with Gasteiger partial charge in [-0.05, 0) is 54.3 Å². The van der Waals surface area contributed by atoms with Gasteiger partial charge in [-0.25, -0.2) is 0 Å². The van der Waals surface area contributed by atoms with Crippen molar-refractivity contribution >= 4 is 17.5 Å². The van der Waals surface area contributed by atoms with E-state index in [1.54, 1.807) is 0 Å². The van der Waals surface area contributed by atoms with Crippen LogP contribution in [-0.2, 0) is 30.6 Å². The van der Waals surface area contributed by atoms with E-state index in [1.807, 2.05) is 77.7 Å². The summed E-state index contributed by atoms with van der Waals surface area (Å²) < 4.78 is 6.17. The number of hydrogen-bond donors (Lipinski definition) is 1. The molecule has 0 bridgehead atoms. The molecule has 1 aromatic heterocycles. The molecule has 0 aliphatic carbocycles. The Balaban J connectivity index is 1.24. The topological polar surface area (TPSA) is 62.6 Å². The van der Waals surface area contributed by atoms with Gasteiger partial charge in [0.1, 0.15) is 11.5 Å². The molecule has 0 spiro atoms. The van der Waals surface area contributed by atoms with Crippen LogP contribution < -0.4 is 5.32 Å². The van der Waals surface area contributed by atoms with Gasteiger partial charge in [0.05, 0.1) is 0 Å². The lowest BCUT2D eigenvalue weighted by Gasteiger charge is -2.26. The quantitative estimate of drug-likeness (QED) is 0.340. The van der Waals surface area contributed by atoms with Gasteiger partial charge in [0.2, 0.25) is 5.91 Å². The van der Waals surface area contributed by atoms with E-state index in [0.29, 0.717) is 37.2 Å². The largest absolute Gasteiger partial charge is 0.461 e. The Hall–Kier alpha value is -4.12. The minimum absolute atomic E-state index is 0.141. The lowest BCUT2D eigenvalue weighted by molar-refractivity contribution is -0.132. The van der Waals surface area contributed by atoms with Crippen LogP contribution in [0.4, 0.5) is 5.69 Å². The van der Waals surface area contributed by atoms with Crippen LogP contribution in [0.3, 0.4) is 0 Å². The lowest BCUT2D eigenvalue weighted by Crippen LogP contribution is -2.35. The van der Waals surface area contributed by atoms with E-state index >= 15 is 0 Å². The van der Waals surface area contributed by atoms with Gasteiger partial charge in [-0.2, -0.15) is 0 Å². The van der Waals surface area contributed by atoms with Gasteiger partial charge >= 0.3 is 0 Å². The summed E-state index contributed by atoms with van der Waals surface area (Å²) in [5.41, 5.74) is 5.67. The molecule has 0 saturated carbocycles. The lowest BCUT2D eigenvalue weighted by atomic mass is 10.1. The predicted molar refractivity (Wildman–Crippen MR) is 142 cm³/mol. The highest BCUT2D eigenvalue weighted by Gasteiger charge is 2.24. The molecular weight excluding hydrogens is 448 g/mol. The summed E-state index contributed by atoms with van der Waals surface area (Å²) in [4.78, 5) is 27.4. The van der Waals surface area contributed by atoms with Crippen molar-refractivity contribution in [2.75, 3.05) is 11.9 Å². The number of furan rings is 1. The maximum Gasteiger partial charge on any atom is 0.255 e. The third-order valence-electron chi connectivity index (χ3n) is 6.72. The van der Waals surface area contributed by atoms with E-state index in [9.17, 15) is 9.59 Å². The van der Waals surface area contributed by atoms with Crippen molar-refractivity contribution in [1.82, 2.24) is 4.90 Å². The third kappa shape index (κ3) is 5.41. The van der Waals surface area contributed by atoms with Gasteiger partial charge in [-0.3, -0.25) is 9.59 Å². The average Bonchev–Trinajstić information content (AvgIpc) is 3.36. The summed E-state index contributed by atoms with van der Waals surface area (Å²) in [7, 11) is 0. The minimum atomic E-state index is -0.141. The van der Waals surface area contributed by atoms with Crippen LogP contribution in [0.2, 0.25) is 0 Å². The first-order valence-electron chi connectivity index (χ1n) is 12.5. The zero-order valence-corrected chi connectivity index (χ0v) is 20.5. The van der Waals surface area contributed by atoms with Crippen molar-refractivity contribution in [3.8, 4) is 11.3 Å². The second-order valence-corrected chi connectivity index (χ2v) is 9.20. The first-order chi connectivity index (χ1) is 17.6. The fraction of sp³-hybridized carbons (Fsp3) is 0.226. The van der Waals surface area contributed by atoms with Crippen molar-refractivity contribution in [3.05, 3.63) is 113 Å². The number of hydrogen-bond acceptors (Lipinski definition) is 3. The number of aryl methyl sites for hydroxylation is 2. The highest BCUT2D eigenvalue weighted by molar-refractivity contribution is 6.04. The minimum Gasteiger partial charge on any atom is -0.461 e. The molecule has 2 amide bonds. The van der Waals surface area contributed by atoms with E-state index in [2.05, 4.69) is 24.4 Å². The average molecular weight is 479 g/mol. The van der Waals surface area contributed by atoms with Crippen LogP contribution in [0.1, 0.15) is 46.2 Å². The summed E-state index contributed by atoms with van der Waals surface area (Å²) in [6.45, 7) is 3.33. The SMILES string of the molecule is CCc1ccc(C(=O)Nc2cccc(-c3cc4c(o3)CCN(C(=O)CCc3ccccc3)C4)c2)cc1. The van der Waals surface area contributed by atoms with Gasteiger partial charge in [-0.1, -0.05) is 61.5 Å². The monoisotopic (exact) mass is 478 g/mol. The molecule has 0 radical (unpaired) electrons. The molecule has 5 nitrogen and oxygen atoms in total. The zero-order valence-electron chi connectivity index (χ0n) is 20.5. The van der Waals surface area contributed by atoms with Gasteiger partial charge < -0.3 is 14.6 Å². The van der Waals surface area contributed by atoms with E-state index in [4.69, 9.17) is 4.42 Å². The zero-order chi connectivity index (χ0) is 24.9. The summed E-state index contributed by atoms with van der Waals surface area (Å²) in [5.74, 6) is 1.71. The van der Waals surface area contributed by atoms with Crippen molar-refractivity contribution in [2.45, 2.75) is 39.2 Å². The maximum atomic E-state index is 12.8. The smallest absolute Gasteiger partial charge is 0.255 e. The van der Waals surface area contributed by atoms with Crippen molar-refractivity contribution < 1.29 is 14.0 Å². The molecule has 4 aromatic rings. The first kappa shape index (κ1) is 23.6. The predicted octanol–water partition coefficient (Wildman–Crippen LogP) is 6.28. The number of nitrogens with one attached hydrogen (secondary N) is 1. The number of carbonyl (C=O) groups excluding carboxylic acids is 2. The molecular formula is C31H30N2O3. The Bertz CT molecular complexity index is 1360. The Labute approximate surface area is 211 Å². The van der Waals surface area contributed by atoms with Crippen molar-refractivity contribution in [3.63, 3.8) is 0 Å². The molecule has 1 aliphatic rings. The van der Waals surface area contributed by atoms with Crippen LogP contribution in [0, 0.1) is 0 Å². The van der Waals surface area contributed by atoms with Crippen LogP contribution in [0.25, 0.3) is 11.3 Å². The normalized spacial score (nSPS) is 12.8. The molecule has 5 heteroatoms. The molecule has 0 saturated heterocycles. The van der Waals surface area contributed by atoms with Crippen LogP contribution >= 0.6 is 0 Å². The summed E-state index contributed by atoms with van der Waals surface area (Å²) >= 11 is 0. The Kier molecular flexibility index (Phi) is 6.99. The van der Waals surface area contributed by atoms with Crippen LogP contribution in [-0.4, -0.2) is 23.3 Å².